The molecule has 0 saturated heterocycles. The molecular weight excluding hydrogens is 358 g/mol. The molecular formula is C18H18ClN3O4. The summed E-state index contributed by atoms with van der Waals surface area (Å²) in [4.78, 5) is 23.5. The van der Waals surface area contributed by atoms with E-state index >= 15 is 0 Å². The minimum absolute atomic E-state index is 0.180. The van der Waals surface area contributed by atoms with Crippen molar-refractivity contribution in [2.45, 2.75) is 19.9 Å². The summed E-state index contributed by atoms with van der Waals surface area (Å²) in [6.45, 7) is 3.32. The van der Waals surface area contributed by atoms with Gasteiger partial charge in [0.15, 0.2) is 11.5 Å². The molecule has 0 radical (unpaired) electrons. The van der Waals surface area contributed by atoms with Crippen LogP contribution < -0.4 is 25.4 Å². The van der Waals surface area contributed by atoms with Crippen LogP contribution in [0.15, 0.2) is 36.4 Å². The molecule has 0 unspecified atom stereocenters. The first-order valence-electron chi connectivity index (χ1n) is 7.96. The maximum Gasteiger partial charge on any atom is 0.246 e. The Hall–Kier alpha value is -2.93. The van der Waals surface area contributed by atoms with Crippen molar-refractivity contribution in [1.29, 1.82) is 0 Å². The molecule has 3 rings (SSSR count). The molecule has 7 nitrogen and oxygen atoms in total. The van der Waals surface area contributed by atoms with Gasteiger partial charge < -0.3 is 25.4 Å². The topological polar surface area (TPSA) is 88.7 Å². The van der Waals surface area contributed by atoms with Crippen molar-refractivity contribution in [3.05, 3.63) is 41.4 Å². The zero-order chi connectivity index (χ0) is 18.7. The van der Waals surface area contributed by atoms with Crippen LogP contribution in [0.4, 0.5) is 17.1 Å². The van der Waals surface area contributed by atoms with Crippen LogP contribution in [0.5, 0.6) is 11.5 Å². The van der Waals surface area contributed by atoms with Crippen molar-refractivity contribution < 1.29 is 19.1 Å². The molecule has 2 aromatic carbocycles. The molecule has 0 bridgehead atoms. The number of rotatable bonds is 5. The van der Waals surface area contributed by atoms with Gasteiger partial charge in [-0.3, -0.25) is 9.59 Å². The predicted octanol–water partition coefficient (Wildman–Crippen LogP) is 3.47. The van der Waals surface area contributed by atoms with Gasteiger partial charge in [-0.05, 0) is 37.3 Å². The minimum Gasteiger partial charge on any atom is -0.454 e. The fourth-order valence-electron chi connectivity index (χ4n) is 2.44. The summed E-state index contributed by atoms with van der Waals surface area (Å²) < 4.78 is 10.5. The number of nitrogens with one attached hydrogen (secondary N) is 3. The van der Waals surface area contributed by atoms with Crippen LogP contribution >= 0.6 is 11.6 Å². The van der Waals surface area contributed by atoms with E-state index in [-0.39, 0.29) is 18.6 Å². The van der Waals surface area contributed by atoms with E-state index in [1.54, 1.807) is 43.3 Å². The van der Waals surface area contributed by atoms with Crippen LogP contribution in [0.3, 0.4) is 0 Å². The summed E-state index contributed by atoms with van der Waals surface area (Å²) in [6.07, 6.45) is 0. The second-order valence-electron chi connectivity index (χ2n) is 5.80. The standard InChI is InChI=1S/C18H18ClN3O4/c1-10(20-12-3-5-15(14(19)7-12)21-11(2)23)18(24)22-13-4-6-16-17(8-13)26-9-25-16/h3-8,10,20H,9H2,1-2H3,(H,21,23)(H,22,24)/t10-/m0/s1. The average Bonchev–Trinajstić information content (AvgIpc) is 3.04. The van der Waals surface area contributed by atoms with Crippen LogP contribution in [0, 0.1) is 0 Å². The number of ether oxygens (including phenoxy) is 2. The Morgan fingerprint density at radius 1 is 1.04 bits per heavy atom. The first kappa shape index (κ1) is 17.9. The largest absolute Gasteiger partial charge is 0.454 e. The number of hydrogen-bond acceptors (Lipinski definition) is 5. The lowest BCUT2D eigenvalue weighted by Crippen LogP contribution is -2.31. The van der Waals surface area contributed by atoms with Gasteiger partial charge in [0, 0.05) is 24.4 Å². The molecule has 8 heteroatoms. The maximum atomic E-state index is 12.4. The highest BCUT2D eigenvalue weighted by molar-refractivity contribution is 6.34. The number of hydrogen-bond donors (Lipinski definition) is 3. The van der Waals surface area contributed by atoms with Gasteiger partial charge in [0.2, 0.25) is 18.6 Å². The average molecular weight is 376 g/mol. The van der Waals surface area contributed by atoms with E-state index in [2.05, 4.69) is 16.0 Å². The van der Waals surface area contributed by atoms with Crippen LogP contribution in [0.1, 0.15) is 13.8 Å². The summed E-state index contributed by atoms with van der Waals surface area (Å²) >= 11 is 6.14. The lowest BCUT2D eigenvalue weighted by atomic mass is 10.2. The molecule has 0 fully saturated rings. The fourth-order valence-corrected chi connectivity index (χ4v) is 2.66. The highest BCUT2D eigenvalue weighted by atomic mass is 35.5. The highest BCUT2D eigenvalue weighted by Gasteiger charge is 2.17. The molecule has 2 aromatic rings. The van der Waals surface area contributed by atoms with E-state index in [0.29, 0.717) is 33.6 Å². The second-order valence-corrected chi connectivity index (χ2v) is 6.21. The minimum atomic E-state index is -0.511. The van der Waals surface area contributed by atoms with E-state index < -0.39 is 6.04 Å². The smallest absolute Gasteiger partial charge is 0.246 e. The van der Waals surface area contributed by atoms with Gasteiger partial charge in [0.1, 0.15) is 6.04 Å². The molecule has 2 amide bonds. The predicted molar refractivity (Wildman–Crippen MR) is 100 cm³/mol. The normalized spacial score (nSPS) is 13.0. The number of amides is 2. The second kappa shape index (κ2) is 7.53. The van der Waals surface area contributed by atoms with Crippen molar-refractivity contribution >= 4 is 40.5 Å². The van der Waals surface area contributed by atoms with Gasteiger partial charge in [0.05, 0.1) is 10.7 Å². The Morgan fingerprint density at radius 3 is 2.50 bits per heavy atom. The van der Waals surface area contributed by atoms with E-state index in [4.69, 9.17) is 21.1 Å². The van der Waals surface area contributed by atoms with Gasteiger partial charge >= 0.3 is 0 Å². The van der Waals surface area contributed by atoms with E-state index in [9.17, 15) is 9.59 Å². The molecule has 26 heavy (non-hydrogen) atoms. The van der Waals surface area contributed by atoms with E-state index in [0.717, 1.165) is 0 Å². The molecule has 3 N–H and O–H groups in total. The maximum absolute atomic E-state index is 12.4. The zero-order valence-electron chi connectivity index (χ0n) is 14.3. The van der Waals surface area contributed by atoms with Crippen molar-refractivity contribution in [3.8, 4) is 11.5 Å². The Balaban J connectivity index is 1.62. The van der Waals surface area contributed by atoms with Crippen molar-refractivity contribution in [2.75, 3.05) is 22.7 Å². The first-order valence-corrected chi connectivity index (χ1v) is 8.34. The molecule has 1 atom stereocenters. The number of benzene rings is 2. The van der Waals surface area contributed by atoms with Gasteiger partial charge in [-0.25, -0.2) is 0 Å². The lowest BCUT2D eigenvalue weighted by Gasteiger charge is -2.16. The summed E-state index contributed by atoms with van der Waals surface area (Å²) in [5, 5.41) is 8.90. The van der Waals surface area contributed by atoms with Crippen LogP contribution in [0.2, 0.25) is 5.02 Å². The van der Waals surface area contributed by atoms with Crippen LogP contribution in [-0.2, 0) is 9.59 Å². The third kappa shape index (κ3) is 4.18. The molecule has 1 heterocycles. The Labute approximate surface area is 155 Å². The monoisotopic (exact) mass is 375 g/mol. The molecule has 0 aliphatic carbocycles. The van der Waals surface area contributed by atoms with E-state index in [1.807, 2.05) is 0 Å². The van der Waals surface area contributed by atoms with Gasteiger partial charge in [0.25, 0.3) is 0 Å². The quantitative estimate of drug-likeness (QED) is 0.744. The zero-order valence-corrected chi connectivity index (χ0v) is 15.0. The SMILES string of the molecule is CC(=O)Nc1ccc(N[C@@H](C)C(=O)Nc2ccc3c(c2)OCO3)cc1Cl. The molecule has 0 saturated carbocycles. The van der Waals surface area contributed by atoms with Gasteiger partial charge in [-0.2, -0.15) is 0 Å². The van der Waals surface area contributed by atoms with Crippen molar-refractivity contribution in [2.24, 2.45) is 0 Å². The van der Waals surface area contributed by atoms with Gasteiger partial charge in [-0.15, -0.1) is 0 Å². The van der Waals surface area contributed by atoms with Crippen molar-refractivity contribution in [3.63, 3.8) is 0 Å². The van der Waals surface area contributed by atoms with Crippen LogP contribution in [-0.4, -0.2) is 24.6 Å². The number of fused-ring (bicyclic) bond motifs is 1. The highest BCUT2D eigenvalue weighted by Crippen LogP contribution is 2.34. The molecule has 0 spiro atoms. The van der Waals surface area contributed by atoms with Crippen LogP contribution in [0.25, 0.3) is 0 Å². The number of carbonyl (C=O) groups excluding carboxylic acids is 2. The molecule has 136 valence electrons. The fraction of sp³-hybridized carbons (Fsp3) is 0.222. The molecule has 1 aliphatic heterocycles. The van der Waals surface area contributed by atoms with Crippen molar-refractivity contribution in [1.82, 2.24) is 0 Å². The third-order valence-corrected chi connectivity index (χ3v) is 4.01. The summed E-state index contributed by atoms with van der Waals surface area (Å²) in [6, 6.07) is 9.76. The number of carbonyl (C=O) groups is 2. The number of anilines is 3. The third-order valence-electron chi connectivity index (χ3n) is 3.70. The Bertz CT molecular complexity index is 856. The van der Waals surface area contributed by atoms with E-state index in [1.165, 1.54) is 6.92 Å². The summed E-state index contributed by atoms with van der Waals surface area (Å²) in [5.74, 6) is 0.835. The first-order chi connectivity index (χ1) is 12.4. The Morgan fingerprint density at radius 2 is 1.77 bits per heavy atom. The Kier molecular flexibility index (Phi) is 5.18. The van der Waals surface area contributed by atoms with Gasteiger partial charge in [-0.1, -0.05) is 11.6 Å². The molecule has 1 aliphatic rings. The molecule has 0 aromatic heterocycles. The number of halogens is 1. The summed E-state index contributed by atoms with van der Waals surface area (Å²) in [5.41, 5.74) is 1.80. The summed E-state index contributed by atoms with van der Waals surface area (Å²) in [7, 11) is 0. The lowest BCUT2D eigenvalue weighted by molar-refractivity contribution is -0.116.